The van der Waals surface area contributed by atoms with E-state index < -0.39 is 4.92 Å². The van der Waals surface area contributed by atoms with Crippen molar-refractivity contribution in [1.29, 1.82) is 0 Å². The fraction of sp³-hybridized carbons (Fsp3) is 0.286. The SMILES string of the molecule is CC(=O)OCCCNc1c([N+](=O)[O-])cnc2cc(Br)ccc12. The lowest BCUT2D eigenvalue weighted by molar-refractivity contribution is -0.384. The van der Waals surface area contributed by atoms with Crippen LogP contribution in [0.1, 0.15) is 13.3 Å². The molecule has 0 unspecified atom stereocenters. The number of rotatable bonds is 6. The van der Waals surface area contributed by atoms with Gasteiger partial charge in [-0.05, 0) is 24.6 Å². The third kappa shape index (κ3) is 3.91. The molecule has 0 spiro atoms. The van der Waals surface area contributed by atoms with Crippen LogP contribution in [0.2, 0.25) is 0 Å². The van der Waals surface area contributed by atoms with E-state index in [2.05, 4.69) is 26.2 Å². The fourth-order valence-electron chi connectivity index (χ4n) is 1.98. The number of nitrogens with one attached hydrogen (secondary N) is 1. The number of carbonyl (C=O) groups excluding carboxylic acids is 1. The number of aromatic nitrogens is 1. The molecule has 22 heavy (non-hydrogen) atoms. The predicted octanol–water partition coefficient (Wildman–Crippen LogP) is 3.27. The predicted molar refractivity (Wildman–Crippen MR) is 85.8 cm³/mol. The molecule has 0 aliphatic rings. The Morgan fingerprint density at radius 2 is 2.27 bits per heavy atom. The first-order valence-electron chi connectivity index (χ1n) is 6.59. The third-order valence-electron chi connectivity index (χ3n) is 2.94. The average molecular weight is 368 g/mol. The van der Waals surface area contributed by atoms with Gasteiger partial charge in [0.25, 0.3) is 0 Å². The molecule has 7 nitrogen and oxygen atoms in total. The lowest BCUT2D eigenvalue weighted by atomic mass is 10.1. The standard InChI is InChI=1S/C14H14BrN3O4/c1-9(19)22-6-2-5-16-14-11-4-3-10(15)7-12(11)17-8-13(14)18(20)21/h3-4,7-8H,2,5-6H2,1H3,(H,16,17). The number of nitrogens with zero attached hydrogens (tertiary/aromatic N) is 2. The minimum Gasteiger partial charge on any atom is -0.466 e. The molecule has 0 atom stereocenters. The van der Waals surface area contributed by atoms with Gasteiger partial charge in [-0.3, -0.25) is 14.9 Å². The summed E-state index contributed by atoms with van der Waals surface area (Å²) >= 11 is 3.35. The summed E-state index contributed by atoms with van der Waals surface area (Å²) in [4.78, 5) is 25.5. The van der Waals surface area contributed by atoms with E-state index in [1.54, 1.807) is 18.2 Å². The molecule has 0 aliphatic carbocycles. The molecule has 1 aromatic heterocycles. The van der Waals surface area contributed by atoms with Crippen LogP contribution in [0, 0.1) is 10.1 Å². The Bertz CT molecular complexity index is 721. The molecule has 1 N–H and O–H groups in total. The molecule has 0 saturated heterocycles. The largest absolute Gasteiger partial charge is 0.466 e. The zero-order chi connectivity index (χ0) is 16.1. The number of benzene rings is 1. The van der Waals surface area contributed by atoms with Crippen molar-refractivity contribution in [2.75, 3.05) is 18.5 Å². The van der Waals surface area contributed by atoms with Crippen molar-refractivity contribution in [3.8, 4) is 0 Å². The van der Waals surface area contributed by atoms with Crippen LogP contribution < -0.4 is 5.32 Å². The minimum absolute atomic E-state index is 0.0812. The van der Waals surface area contributed by atoms with E-state index in [4.69, 9.17) is 4.74 Å². The van der Waals surface area contributed by atoms with Gasteiger partial charge in [0.1, 0.15) is 11.9 Å². The normalized spacial score (nSPS) is 10.5. The summed E-state index contributed by atoms with van der Waals surface area (Å²) in [5, 5.41) is 14.9. The van der Waals surface area contributed by atoms with Crippen LogP contribution >= 0.6 is 15.9 Å². The Hall–Kier alpha value is -2.22. The third-order valence-corrected chi connectivity index (χ3v) is 3.43. The second-order valence-electron chi connectivity index (χ2n) is 4.56. The quantitative estimate of drug-likeness (QED) is 0.364. The van der Waals surface area contributed by atoms with Gasteiger partial charge in [-0.2, -0.15) is 0 Å². The first-order valence-corrected chi connectivity index (χ1v) is 7.38. The van der Waals surface area contributed by atoms with Crippen LogP contribution in [0.15, 0.2) is 28.9 Å². The number of esters is 1. The molecule has 0 aliphatic heterocycles. The number of pyridine rings is 1. The van der Waals surface area contributed by atoms with Gasteiger partial charge in [0.15, 0.2) is 0 Å². The van der Waals surface area contributed by atoms with Gasteiger partial charge in [-0.1, -0.05) is 15.9 Å². The van der Waals surface area contributed by atoms with Crippen molar-refractivity contribution in [1.82, 2.24) is 4.98 Å². The molecule has 116 valence electrons. The number of fused-ring (bicyclic) bond motifs is 1. The summed E-state index contributed by atoms with van der Waals surface area (Å²) in [6, 6.07) is 5.37. The van der Waals surface area contributed by atoms with Crippen molar-refractivity contribution < 1.29 is 14.5 Å². The van der Waals surface area contributed by atoms with Gasteiger partial charge in [-0.25, -0.2) is 4.98 Å². The van der Waals surface area contributed by atoms with Crippen molar-refractivity contribution in [2.45, 2.75) is 13.3 Å². The highest BCUT2D eigenvalue weighted by atomic mass is 79.9. The highest BCUT2D eigenvalue weighted by molar-refractivity contribution is 9.10. The van der Waals surface area contributed by atoms with Crippen LogP contribution in [-0.4, -0.2) is 29.0 Å². The van der Waals surface area contributed by atoms with Crippen molar-refractivity contribution in [3.05, 3.63) is 39.0 Å². The second-order valence-corrected chi connectivity index (χ2v) is 5.47. The van der Waals surface area contributed by atoms with E-state index in [0.29, 0.717) is 29.6 Å². The number of halogens is 1. The van der Waals surface area contributed by atoms with Crippen molar-refractivity contribution in [3.63, 3.8) is 0 Å². The average Bonchev–Trinajstić information content (AvgIpc) is 2.45. The maximum atomic E-state index is 11.2. The zero-order valence-electron chi connectivity index (χ0n) is 11.8. The van der Waals surface area contributed by atoms with Crippen LogP contribution in [0.5, 0.6) is 0 Å². The fourth-order valence-corrected chi connectivity index (χ4v) is 2.33. The monoisotopic (exact) mass is 367 g/mol. The maximum absolute atomic E-state index is 11.2. The van der Waals surface area contributed by atoms with Crippen molar-refractivity contribution >= 4 is 44.2 Å². The number of ether oxygens (including phenoxy) is 1. The number of hydrogen-bond acceptors (Lipinski definition) is 6. The summed E-state index contributed by atoms with van der Waals surface area (Å²) in [7, 11) is 0. The van der Waals surface area contributed by atoms with Gasteiger partial charge in [0, 0.05) is 23.3 Å². The summed E-state index contributed by atoms with van der Waals surface area (Å²) < 4.78 is 5.68. The van der Waals surface area contributed by atoms with Crippen LogP contribution in [-0.2, 0) is 9.53 Å². The smallest absolute Gasteiger partial charge is 0.311 e. The van der Waals surface area contributed by atoms with Gasteiger partial charge in [0.2, 0.25) is 0 Å². The lowest BCUT2D eigenvalue weighted by Crippen LogP contribution is -2.09. The Balaban J connectivity index is 2.23. The maximum Gasteiger partial charge on any atom is 0.311 e. The van der Waals surface area contributed by atoms with Crippen LogP contribution in [0.4, 0.5) is 11.4 Å². The summed E-state index contributed by atoms with van der Waals surface area (Å²) in [6.07, 6.45) is 1.79. The molecule has 2 aromatic rings. The number of nitro groups is 1. The van der Waals surface area contributed by atoms with E-state index in [0.717, 1.165) is 4.47 Å². The van der Waals surface area contributed by atoms with E-state index in [-0.39, 0.29) is 18.3 Å². The van der Waals surface area contributed by atoms with E-state index in [1.807, 2.05) is 0 Å². The molecule has 8 heteroatoms. The Morgan fingerprint density at radius 1 is 1.50 bits per heavy atom. The Labute approximate surface area is 135 Å². The van der Waals surface area contributed by atoms with E-state index in [1.165, 1.54) is 13.1 Å². The second kappa shape index (κ2) is 7.17. The molecule has 0 fully saturated rings. The summed E-state index contributed by atoms with van der Waals surface area (Å²) in [5.41, 5.74) is 0.995. The van der Waals surface area contributed by atoms with Gasteiger partial charge >= 0.3 is 11.7 Å². The first kappa shape index (κ1) is 16.2. The van der Waals surface area contributed by atoms with E-state index >= 15 is 0 Å². The zero-order valence-corrected chi connectivity index (χ0v) is 13.4. The molecule has 0 saturated carbocycles. The Kier molecular flexibility index (Phi) is 5.26. The van der Waals surface area contributed by atoms with Crippen LogP contribution in [0.25, 0.3) is 10.9 Å². The molecule has 0 bridgehead atoms. The van der Waals surface area contributed by atoms with Gasteiger partial charge < -0.3 is 10.1 Å². The first-order chi connectivity index (χ1) is 10.5. The molecule has 1 aromatic carbocycles. The topological polar surface area (TPSA) is 94.4 Å². The number of hydrogen-bond donors (Lipinski definition) is 1. The molecule has 0 radical (unpaired) electrons. The van der Waals surface area contributed by atoms with E-state index in [9.17, 15) is 14.9 Å². The molecular weight excluding hydrogens is 354 g/mol. The number of anilines is 1. The lowest BCUT2D eigenvalue weighted by Gasteiger charge is -2.10. The highest BCUT2D eigenvalue weighted by Crippen LogP contribution is 2.32. The summed E-state index contributed by atoms with van der Waals surface area (Å²) in [5.74, 6) is -0.342. The highest BCUT2D eigenvalue weighted by Gasteiger charge is 2.17. The minimum atomic E-state index is -0.469. The van der Waals surface area contributed by atoms with Gasteiger partial charge in [-0.15, -0.1) is 0 Å². The van der Waals surface area contributed by atoms with Crippen LogP contribution in [0.3, 0.4) is 0 Å². The number of carbonyl (C=O) groups is 1. The van der Waals surface area contributed by atoms with Gasteiger partial charge in [0.05, 0.1) is 17.0 Å². The molecule has 0 amide bonds. The molecule has 1 heterocycles. The van der Waals surface area contributed by atoms with Crippen molar-refractivity contribution in [2.24, 2.45) is 0 Å². The molecular formula is C14H14BrN3O4. The summed E-state index contributed by atoms with van der Waals surface area (Å²) in [6.45, 7) is 2.06. The molecule has 2 rings (SSSR count). The Morgan fingerprint density at radius 3 is 2.95 bits per heavy atom.